The number of fused-ring (bicyclic) bond motifs is 4. The number of rotatable bonds is 2. The standard InChI is InChI=1S/C25H34O4/c1-6-7-8-9-16-14-18(26)17-15-20-24(4)12-11-21(27)23(2,3)19(24)10-13-25(20,5)29-22(17)28-16/h6-9,14,19-21,27H,10-13,15H2,1-5H3/b7-6+,9-8+/t19-,20+,21-,24-,25+/m0/s1. The maximum Gasteiger partial charge on any atom is 0.292 e. The summed E-state index contributed by atoms with van der Waals surface area (Å²) < 4.78 is 12.5. The first-order valence-electron chi connectivity index (χ1n) is 11.0. The van der Waals surface area contributed by atoms with E-state index in [4.69, 9.17) is 9.15 Å². The first kappa shape index (κ1) is 20.5. The molecule has 1 aromatic heterocycles. The molecule has 4 nitrogen and oxygen atoms in total. The van der Waals surface area contributed by atoms with Crippen LogP contribution in [-0.2, 0) is 6.42 Å². The maximum absolute atomic E-state index is 12.9. The molecular formula is C25H34O4. The molecule has 1 N–H and O–H groups in total. The van der Waals surface area contributed by atoms with Gasteiger partial charge in [0.05, 0.1) is 11.7 Å². The van der Waals surface area contributed by atoms with Crippen molar-refractivity contribution in [2.24, 2.45) is 22.7 Å². The van der Waals surface area contributed by atoms with Gasteiger partial charge in [-0.15, -0.1) is 0 Å². The Morgan fingerprint density at radius 1 is 1.10 bits per heavy atom. The zero-order chi connectivity index (χ0) is 21.0. The Hall–Kier alpha value is -1.81. The number of hydrogen-bond donors (Lipinski definition) is 1. The topological polar surface area (TPSA) is 59.7 Å². The molecule has 29 heavy (non-hydrogen) atoms. The highest BCUT2D eigenvalue weighted by molar-refractivity contribution is 5.47. The van der Waals surface area contributed by atoms with Crippen molar-refractivity contribution in [1.82, 2.24) is 0 Å². The molecule has 158 valence electrons. The normalized spacial score (nSPS) is 38.3. The molecule has 0 unspecified atom stereocenters. The van der Waals surface area contributed by atoms with Gasteiger partial charge in [0.1, 0.15) is 11.4 Å². The summed E-state index contributed by atoms with van der Waals surface area (Å²) in [5, 5.41) is 10.7. The summed E-state index contributed by atoms with van der Waals surface area (Å²) in [5.41, 5.74) is 0.222. The molecule has 3 aliphatic rings. The molecule has 2 fully saturated rings. The van der Waals surface area contributed by atoms with Crippen molar-refractivity contribution in [1.29, 1.82) is 0 Å². The predicted octanol–water partition coefficient (Wildman–Crippen LogP) is 5.14. The second-order valence-electron chi connectivity index (χ2n) is 10.3. The highest BCUT2D eigenvalue weighted by Gasteiger charge is 2.62. The summed E-state index contributed by atoms with van der Waals surface area (Å²) in [6, 6.07) is 1.57. The van der Waals surface area contributed by atoms with Crippen molar-refractivity contribution >= 4 is 6.08 Å². The van der Waals surface area contributed by atoms with Gasteiger partial charge >= 0.3 is 0 Å². The van der Waals surface area contributed by atoms with Gasteiger partial charge in [-0.2, -0.15) is 0 Å². The predicted molar refractivity (Wildman–Crippen MR) is 115 cm³/mol. The van der Waals surface area contributed by atoms with E-state index in [9.17, 15) is 9.90 Å². The van der Waals surface area contributed by atoms with Crippen molar-refractivity contribution in [3.63, 3.8) is 0 Å². The van der Waals surface area contributed by atoms with Crippen LogP contribution in [0.1, 0.15) is 71.6 Å². The third-order valence-electron chi connectivity index (χ3n) is 8.30. The first-order chi connectivity index (χ1) is 13.6. The van der Waals surface area contributed by atoms with Gasteiger partial charge in [0.25, 0.3) is 5.95 Å². The Bertz CT molecular complexity index is 908. The highest BCUT2D eigenvalue weighted by atomic mass is 16.6. The minimum Gasteiger partial charge on any atom is -0.458 e. The van der Waals surface area contributed by atoms with Crippen molar-refractivity contribution in [3.8, 4) is 5.95 Å². The van der Waals surface area contributed by atoms with Crippen molar-refractivity contribution in [2.45, 2.75) is 78.4 Å². The van der Waals surface area contributed by atoms with E-state index in [0.717, 1.165) is 25.7 Å². The summed E-state index contributed by atoms with van der Waals surface area (Å²) in [7, 11) is 0. The monoisotopic (exact) mass is 398 g/mol. The SMILES string of the molecule is C/C=C/C=C/c1cc(=O)c2c(o1)O[C@]1(C)CC[C@H]3C(C)(C)[C@@H](O)CC[C@]3(C)[C@H]1C2. The largest absolute Gasteiger partial charge is 0.458 e. The van der Waals surface area contributed by atoms with Crippen molar-refractivity contribution in [2.75, 3.05) is 0 Å². The van der Waals surface area contributed by atoms with Crippen LogP contribution in [0.15, 0.2) is 33.5 Å². The average Bonchev–Trinajstić information content (AvgIpc) is 2.64. The fourth-order valence-corrected chi connectivity index (χ4v) is 6.61. The van der Waals surface area contributed by atoms with Gasteiger partial charge in [-0.1, -0.05) is 39.0 Å². The number of aliphatic hydroxyl groups excluding tert-OH is 1. The molecule has 0 bridgehead atoms. The van der Waals surface area contributed by atoms with Gasteiger partial charge in [-0.3, -0.25) is 4.79 Å². The molecule has 2 saturated carbocycles. The fraction of sp³-hybridized carbons (Fsp3) is 0.640. The lowest BCUT2D eigenvalue weighted by Gasteiger charge is -2.63. The Morgan fingerprint density at radius 2 is 1.86 bits per heavy atom. The Morgan fingerprint density at radius 3 is 2.59 bits per heavy atom. The zero-order valence-corrected chi connectivity index (χ0v) is 18.3. The summed E-state index contributed by atoms with van der Waals surface area (Å²) >= 11 is 0. The Labute approximate surface area is 173 Å². The number of hydrogen-bond acceptors (Lipinski definition) is 4. The van der Waals surface area contributed by atoms with Crippen molar-refractivity contribution < 1.29 is 14.3 Å². The third-order valence-corrected chi connectivity index (χ3v) is 8.30. The second-order valence-corrected chi connectivity index (χ2v) is 10.3. The summed E-state index contributed by atoms with van der Waals surface area (Å²) in [6.07, 6.45) is 11.6. The van der Waals surface area contributed by atoms with E-state index in [-0.39, 0.29) is 33.9 Å². The minimum absolute atomic E-state index is 0.00532. The van der Waals surface area contributed by atoms with Gasteiger partial charge in [-0.25, -0.2) is 0 Å². The zero-order valence-electron chi connectivity index (χ0n) is 18.3. The van der Waals surface area contributed by atoms with Crippen LogP contribution < -0.4 is 10.2 Å². The molecular weight excluding hydrogens is 364 g/mol. The highest BCUT2D eigenvalue weighted by Crippen LogP contribution is 2.64. The first-order valence-corrected chi connectivity index (χ1v) is 11.0. The lowest BCUT2D eigenvalue weighted by molar-refractivity contribution is -0.195. The van der Waals surface area contributed by atoms with E-state index in [1.807, 2.05) is 25.2 Å². The molecule has 4 rings (SSSR count). The van der Waals surface area contributed by atoms with Crippen LogP contribution in [0.3, 0.4) is 0 Å². The molecule has 2 aliphatic carbocycles. The van der Waals surface area contributed by atoms with Gasteiger partial charge in [-0.05, 0) is 68.8 Å². The molecule has 1 aliphatic heterocycles. The van der Waals surface area contributed by atoms with E-state index < -0.39 is 0 Å². The Kier molecular flexibility index (Phi) is 4.85. The molecule has 1 aromatic rings. The summed E-state index contributed by atoms with van der Waals surface area (Å²) in [5.74, 6) is 1.57. The second kappa shape index (κ2) is 6.87. The minimum atomic E-state index is -0.349. The lowest BCUT2D eigenvalue weighted by atomic mass is 9.44. The van der Waals surface area contributed by atoms with Gasteiger partial charge in [0.15, 0.2) is 5.43 Å². The molecule has 0 radical (unpaired) electrons. The molecule has 0 saturated heterocycles. The van der Waals surface area contributed by atoms with Crippen LogP contribution in [0, 0.1) is 22.7 Å². The van der Waals surface area contributed by atoms with Crippen LogP contribution in [0.2, 0.25) is 0 Å². The van der Waals surface area contributed by atoms with Crippen molar-refractivity contribution in [3.05, 3.63) is 45.8 Å². The van der Waals surface area contributed by atoms with E-state index >= 15 is 0 Å². The van der Waals surface area contributed by atoms with Crippen LogP contribution in [0.4, 0.5) is 0 Å². The van der Waals surface area contributed by atoms with E-state index in [1.165, 1.54) is 0 Å². The van der Waals surface area contributed by atoms with Gasteiger partial charge in [0.2, 0.25) is 0 Å². The van der Waals surface area contributed by atoms with Crippen LogP contribution in [0.25, 0.3) is 6.08 Å². The van der Waals surface area contributed by atoms with Crippen LogP contribution in [0.5, 0.6) is 5.95 Å². The van der Waals surface area contributed by atoms with E-state index in [1.54, 1.807) is 12.1 Å². The molecule has 0 spiro atoms. The van der Waals surface area contributed by atoms with Crippen LogP contribution in [-0.4, -0.2) is 16.8 Å². The molecule has 0 amide bonds. The number of allylic oxidation sites excluding steroid dienone is 3. The number of aliphatic hydroxyl groups is 1. The molecule has 4 heteroatoms. The van der Waals surface area contributed by atoms with Gasteiger partial charge in [0, 0.05) is 12.0 Å². The molecule has 0 aromatic carbocycles. The van der Waals surface area contributed by atoms with E-state index in [2.05, 4.69) is 27.7 Å². The Balaban J connectivity index is 1.74. The quantitative estimate of drug-likeness (QED) is 0.701. The summed E-state index contributed by atoms with van der Waals surface area (Å²) in [6.45, 7) is 10.9. The lowest BCUT2D eigenvalue weighted by Crippen LogP contribution is -2.63. The summed E-state index contributed by atoms with van der Waals surface area (Å²) in [4.78, 5) is 12.9. The van der Waals surface area contributed by atoms with Gasteiger partial charge < -0.3 is 14.3 Å². The number of ether oxygens (including phenoxy) is 1. The molecule has 5 atom stereocenters. The third kappa shape index (κ3) is 3.11. The maximum atomic E-state index is 12.9. The smallest absolute Gasteiger partial charge is 0.292 e. The average molecular weight is 399 g/mol. The van der Waals surface area contributed by atoms with Crippen LogP contribution >= 0.6 is 0 Å². The van der Waals surface area contributed by atoms with E-state index in [0.29, 0.717) is 29.6 Å². The molecule has 2 heterocycles. The fourth-order valence-electron chi connectivity index (χ4n) is 6.61.